The van der Waals surface area contributed by atoms with Gasteiger partial charge in [-0.25, -0.2) is 0 Å². The Labute approximate surface area is 181 Å². The second-order valence-electron chi connectivity index (χ2n) is 6.49. The molecule has 0 aliphatic heterocycles. The van der Waals surface area contributed by atoms with Crippen LogP contribution in [0.5, 0.6) is 11.5 Å². The molecule has 0 unspecified atom stereocenters. The topological polar surface area (TPSA) is 39.7 Å². The van der Waals surface area contributed by atoms with Gasteiger partial charge in [-0.05, 0) is 59.1 Å². The number of hydrogen-bond donors (Lipinski definition) is 1. The fraction of sp³-hybridized carbons (Fsp3) is 0.455. The van der Waals surface area contributed by atoms with E-state index in [2.05, 4.69) is 34.2 Å². The Balaban J connectivity index is 1.85. The van der Waals surface area contributed by atoms with Crippen molar-refractivity contribution < 1.29 is 14.2 Å². The Morgan fingerprint density at radius 2 is 1.89 bits per heavy atom. The fourth-order valence-electron chi connectivity index (χ4n) is 2.66. The van der Waals surface area contributed by atoms with Crippen molar-refractivity contribution in [2.24, 2.45) is 0 Å². The second kappa shape index (κ2) is 13.0. The molecule has 154 valence electrons. The Bertz CT molecular complexity index is 727. The molecule has 2 aromatic rings. The number of ether oxygens (including phenoxy) is 3. The normalized spacial score (nSPS) is 10.9. The van der Waals surface area contributed by atoms with Crippen LogP contribution in [0.25, 0.3) is 0 Å². The highest BCUT2D eigenvalue weighted by molar-refractivity contribution is 9.10. The van der Waals surface area contributed by atoms with Crippen LogP contribution in [0, 0.1) is 0 Å². The molecule has 0 saturated heterocycles. The maximum atomic E-state index is 6.21. The summed E-state index contributed by atoms with van der Waals surface area (Å²) in [5.74, 6) is 1.37. The van der Waals surface area contributed by atoms with Gasteiger partial charge in [-0.1, -0.05) is 43.1 Å². The summed E-state index contributed by atoms with van der Waals surface area (Å²) in [6, 6.07) is 11.7. The molecule has 0 atom stereocenters. The van der Waals surface area contributed by atoms with E-state index < -0.39 is 0 Å². The van der Waals surface area contributed by atoms with Crippen molar-refractivity contribution in [2.45, 2.75) is 39.3 Å². The van der Waals surface area contributed by atoms with E-state index in [0.717, 1.165) is 54.7 Å². The molecule has 2 rings (SSSR count). The summed E-state index contributed by atoms with van der Waals surface area (Å²) < 4.78 is 17.9. The van der Waals surface area contributed by atoms with E-state index in [9.17, 15) is 0 Å². The van der Waals surface area contributed by atoms with Crippen LogP contribution in [0.1, 0.15) is 37.3 Å². The highest BCUT2D eigenvalue weighted by Crippen LogP contribution is 2.37. The average molecular weight is 471 g/mol. The molecule has 0 saturated carbocycles. The van der Waals surface area contributed by atoms with Crippen molar-refractivity contribution >= 4 is 27.5 Å². The molecular weight excluding hydrogens is 442 g/mol. The van der Waals surface area contributed by atoms with E-state index in [1.165, 1.54) is 6.42 Å². The zero-order valence-electron chi connectivity index (χ0n) is 16.6. The number of hydrogen-bond acceptors (Lipinski definition) is 4. The molecule has 0 spiro atoms. The molecule has 0 amide bonds. The Hall–Kier alpha value is -1.27. The first-order chi connectivity index (χ1) is 13.7. The first-order valence-corrected chi connectivity index (χ1v) is 10.8. The molecule has 2 aromatic carbocycles. The van der Waals surface area contributed by atoms with Crippen LogP contribution in [0.2, 0.25) is 5.02 Å². The third-order valence-corrected chi connectivity index (χ3v) is 5.19. The van der Waals surface area contributed by atoms with Gasteiger partial charge in [0.25, 0.3) is 0 Å². The maximum Gasteiger partial charge on any atom is 0.175 e. The van der Waals surface area contributed by atoms with Gasteiger partial charge in [-0.15, -0.1) is 0 Å². The van der Waals surface area contributed by atoms with E-state index in [-0.39, 0.29) is 0 Å². The summed E-state index contributed by atoms with van der Waals surface area (Å²) in [6.45, 7) is 5.88. The molecule has 4 nitrogen and oxygen atoms in total. The minimum absolute atomic E-state index is 0.379. The van der Waals surface area contributed by atoms with E-state index >= 15 is 0 Å². The second-order valence-corrected chi connectivity index (χ2v) is 7.75. The minimum Gasteiger partial charge on any atom is -0.493 e. The summed E-state index contributed by atoms with van der Waals surface area (Å²) in [5.41, 5.74) is 2.06. The molecule has 0 aliphatic rings. The smallest absolute Gasteiger partial charge is 0.175 e. The lowest BCUT2D eigenvalue weighted by Gasteiger charge is -2.15. The van der Waals surface area contributed by atoms with Gasteiger partial charge in [0.1, 0.15) is 6.61 Å². The first kappa shape index (κ1) is 23.0. The molecular formula is C22H29BrClNO3. The van der Waals surface area contributed by atoms with Crippen LogP contribution in [0.4, 0.5) is 0 Å². The van der Waals surface area contributed by atoms with Crippen molar-refractivity contribution in [3.63, 3.8) is 0 Å². The SMILES string of the molecule is CCCCOCCCNCc1cc(Br)c(OCc2ccccc2Cl)c(OC)c1. The molecule has 0 radical (unpaired) electrons. The molecule has 0 aliphatic carbocycles. The Morgan fingerprint density at radius 1 is 1.11 bits per heavy atom. The van der Waals surface area contributed by atoms with Gasteiger partial charge in [0.2, 0.25) is 0 Å². The Kier molecular flexibility index (Phi) is 10.7. The zero-order chi connectivity index (χ0) is 20.2. The Morgan fingerprint density at radius 3 is 2.64 bits per heavy atom. The number of benzene rings is 2. The lowest BCUT2D eigenvalue weighted by atomic mass is 10.2. The van der Waals surface area contributed by atoms with Crippen molar-refractivity contribution in [3.05, 3.63) is 57.0 Å². The highest BCUT2D eigenvalue weighted by atomic mass is 79.9. The molecule has 0 fully saturated rings. The predicted octanol–water partition coefficient (Wildman–Crippen LogP) is 5.99. The molecule has 0 aromatic heterocycles. The molecule has 0 heterocycles. The monoisotopic (exact) mass is 469 g/mol. The first-order valence-electron chi connectivity index (χ1n) is 9.66. The summed E-state index contributed by atoms with van der Waals surface area (Å²) in [7, 11) is 1.65. The van der Waals surface area contributed by atoms with Gasteiger partial charge in [0.15, 0.2) is 11.5 Å². The average Bonchev–Trinajstić information content (AvgIpc) is 2.70. The van der Waals surface area contributed by atoms with Gasteiger partial charge in [-0.2, -0.15) is 0 Å². The lowest BCUT2D eigenvalue weighted by molar-refractivity contribution is 0.129. The lowest BCUT2D eigenvalue weighted by Crippen LogP contribution is -2.16. The summed E-state index contributed by atoms with van der Waals surface area (Å²) in [5, 5.41) is 4.13. The van der Waals surface area contributed by atoms with Gasteiger partial charge in [0, 0.05) is 30.3 Å². The van der Waals surface area contributed by atoms with Crippen molar-refractivity contribution in [1.29, 1.82) is 0 Å². The van der Waals surface area contributed by atoms with Crippen molar-refractivity contribution in [1.82, 2.24) is 5.32 Å². The van der Waals surface area contributed by atoms with Crippen LogP contribution >= 0.6 is 27.5 Å². The molecule has 28 heavy (non-hydrogen) atoms. The van der Waals surface area contributed by atoms with E-state index in [1.54, 1.807) is 7.11 Å². The van der Waals surface area contributed by atoms with Crippen LogP contribution in [-0.4, -0.2) is 26.9 Å². The number of methoxy groups -OCH3 is 1. The number of rotatable bonds is 13. The van der Waals surface area contributed by atoms with E-state index in [4.69, 9.17) is 25.8 Å². The summed E-state index contributed by atoms with van der Waals surface area (Å²) in [4.78, 5) is 0. The van der Waals surface area contributed by atoms with E-state index in [0.29, 0.717) is 23.1 Å². The predicted molar refractivity (Wildman–Crippen MR) is 119 cm³/mol. The maximum absolute atomic E-state index is 6.21. The van der Waals surface area contributed by atoms with Crippen LogP contribution in [-0.2, 0) is 17.9 Å². The van der Waals surface area contributed by atoms with Crippen LogP contribution in [0.15, 0.2) is 40.9 Å². The quantitative estimate of drug-likeness (QED) is 0.365. The fourth-order valence-corrected chi connectivity index (χ4v) is 3.46. The number of unbranched alkanes of at least 4 members (excludes halogenated alkanes) is 1. The van der Waals surface area contributed by atoms with Gasteiger partial charge in [0.05, 0.1) is 11.6 Å². The highest BCUT2D eigenvalue weighted by Gasteiger charge is 2.12. The number of nitrogens with one attached hydrogen (secondary N) is 1. The van der Waals surface area contributed by atoms with E-state index in [1.807, 2.05) is 30.3 Å². The third-order valence-electron chi connectivity index (χ3n) is 4.23. The standard InChI is InChI=1S/C22H29BrClNO3/c1-3-4-11-27-12-7-10-25-15-17-13-19(23)22(21(14-17)26-2)28-16-18-8-5-6-9-20(18)24/h5-6,8-9,13-14,25H,3-4,7,10-12,15-16H2,1-2H3. The van der Waals surface area contributed by atoms with Crippen LogP contribution in [0.3, 0.4) is 0 Å². The van der Waals surface area contributed by atoms with Crippen LogP contribution < -0.4 is 14.8 Å². The molecule has 6 heteroatoms. The zero-order valence-corrected chi connectivity index (χ0v) is 18.9. The van der Waals surface area contributed by atoms with Gasteiger partial charge in [-0.3, -0.25) is 0 Å². The minimum atomic E-state index is 0.379. The van der Waals surface area contributed by atoms with Gasteiger partial charge >= 0.3 is 0 Å². The molecule has 1 N–H and O–H groups in total. The summed E-state index contributed by atoms with van der Waals surface area (Å²) in [6.07, 6.45) is 3.31. The van der Waals surface area contributed by atoms with Crippen molar-refractivity contribution in [2.75, 3.05) is 26.9 Å². The van der Waals surface area contributed by atoms with Crippen molar-refractivity contribution in [3.8, 4) is 11.5 Å². The summed E-state index contributed by atoms with van der Waals surface area (Å²) >= 11 is 9.81. The largest absolute Gasteiger partial charge is 0.493 e. The third kappa shape index (κ3) is 7.63. The molecule has 0 bridgehead atoms. The van der Waals surface area contributed by atoms with Gasteiger partial charge < -0.3 is 19.5 Å². The number of halogens is 2.